The van der Waals surface area contributed by atoms with E-state index in [9.17, 15) is 9.90 Å². The van der Waals surface area contributed by atoms with Gasteiger partial charge in [0.15, 0.2) is 0 Å². The number of amides is 1. The number of phenols is 1. The molecule has 3 aliphatic carbocycles. The number of carbonyl (C=O) groups is 1. The van der Waals surface area contributed by atoms with Crippen molar-refractivity contribution >= 4 is 5.91 Å². The Labute approximate surface area is 155 Å². The highest BCUT2D eigenvalue weighted by Gasteiger charge is 2.55. The highest BCUT2D eigenvalue weighted by Crippen LogP contribution is 2.58. The molecule has 1 aliphatic heterocycles. The van der Waals surface area contributed by atoms with Gasteiger partial charge in [0.2, 0.25) is 0 Å². The fraction of sp³-hybridized carbons (Fsp3) is 0.682. The van der Waals surface area contributed by atoms with Crippen LogP contribution in [-0.2, 0) is 11.8 Å². The van der Waals surface area contributed by atoms with Crippen molar-refractivity contribution in [3.63, 3.8) is 0 Å². The van der Waals surface area contributed by atoms with Crippen molar-refractivity contribution in [1.29, 1.82) is 0 Å². The number of nitrogens with two attached hydrogens (primary N) is 1. The van der Waals surface area contributed by atoms with Crippen LogP contribution in [0.4, 0.5) is 0 Å². The lowest BCUT2D eigenvalue weighted by Gasteiger charge is -2.59. The summed E-state index contributed by atoms with van der Waals surface area (Å²) in [5, 5.41) is 11.0. The smallest absolute Gasteiger partial charge is 0.252 e. The Morgan fingerprint density at radius 3 is 2.77 bits per heavy atom. The van der Waals surface area contributed by atoms with Crippen molar-refractivity contribution in [3.05, 3.63) is 28.8 Å². The first-order valence-corrected chi connectivity index (χ1v) is 10.5. The fourth-order valence-corrected chi connectivity index (χ4v) is 6.62. The van der Waals surface area contributed by atoms with E-state index in [-0.39, 0.29) is 11.2 Å². The van der Waals surface area contributed by atoms with E-state index in [4.69, 9.17) is 5.73 Å². The van der Waals surface area contributed by atoms with Crippen LogP contribution in [0.1, 0.15) is 72.9 Å². The average Bonchev–Trinajstić information content (AvgIpc) is 2.59. The van der Waals surface area contributed by atoms with E-state index in [1.807, 2.05) is 0 Å². The summed E-state index contributed by atoms with van der Waals surface area (Å²) < 4.78 is 0. The number of likely N-dealkylation sites (tertiary alicyclic amines) is 1. The summed E-state index contributed by atoms with van der Waals surface area (Å²) >= 11 is 0. The molecule has 4 heteroatoms. The molecule has 0 radical (unpaired) electrons. The number of benzene rings is 1. The zero-order valence-electron chi connectivity index (χ0n) is 15.5. The Balaban J connectivity index is 1.58. The monoisotopic (exact) mass is 354 g/mol. The maximum absolute atomic E-state index is 11.8. The van der Waals surface area contributed by atoms with Crippen LogP contribution in [0, 0.1) is 11.8 Å². The minimum Gasteiger partial charge on any atom is -0.507 e. The number of primary amides is 1. The first-order chi connectivity index (χ1) is 12.6. The molecule has 2 unspecified atom stereocenters. The third kappa shape index (κ3) is 2.27. The third-order valence-corrected chi connectivity index (χ3v) is 8.05. The topological polar surface area (TPSA) is 66.6 Å². The lowest BCUT2D eigenvalue weighted by atomic mass is 9.52. The van der Waals surface area contributed by atoms with E-state index >= 15 is 0 Å². The summed E-state index contributed by atoms with van der Waals surface area (Å²) in [6.45, 7) is 2.40. The Bertz CT molecular complexity index is 742. The number of hydrogen-bond donors (Lipinski definition) is 2. The third-order valence-electron chi connectivity index (χ3n) is 8.05. The van der Waals surface area contributed by atoms with Gasteiger partial charge in [0.05, 0.1) is 5.56 Å². The van der Waals surface area contributed by atoms with Gasteiger partial charge in [-0.3, -0.25) is 9.69 Å². The van der Waals surface area contributed by atoms with Crippen LogP contribution in [-0.4, -0.2) is 35.0 Å². The first-order valence-electron chi connectivity index (χ1n) is 10.5. The largest absolute Gasteiger partial charge is 0.507 e. The molecule has 3 fully saturated rings. The van der Waals surface area contributed by atoms with Gasteiger partial charge in [0.1, 0.15) is 5.75 Å². The molecule has 26 heavy (non-hydrogen) atoms. The lowest BCUT2D eigenvalue weighted by molar-refractivity contribution is -0.0250. The predicted molar refractivity (Wildman–Crippen MR) is 101 cm³/mol. The molecule has 1 heterocycles. The normalized spacial score (nSPS) is 33.8. The van der Waals surface area contributed by atoms with E-state index in [2.05, 4.69) is 11.0 Å². The van der Waals surface area contributed by atoms with Crippen molar-refractivity contribution in [2.24, 2.45) is 17.6 Å². The molecule has 1 aromatic carbocycles. The number of rotatable bonds is 3. The number of fused-ring (bicyclic) bond motifs is 1. The maximum atomic E-state index is 11.8. The highest BCUT2D eigenvalue weighted by atomic mass is 16.3. The van der Waals surface area contributed by atoms with Gasteiger partial charge in [0, 0.05) is 23.6 Å². The zero-order chi connectivity index (χ0) is 17.9. The Kier molecular flexibility index (Phi) is 3.82. The van der Waals surface area contributed by atoms with Crippen molar-refractivity contribution < 1.29 is 9.90 Å². The van der Waals surface area contributed by atoms with Crippen LogP contribution in [0.2, 0.25) is 0 Å². The predicted octanol–water partition coefficient (Wildman–Crippen LogP) is 3.35. The number of carbonyl (C=O) groups excluding carboxylic acids is 1. The second-order valence-electron chi connectivity index (χ2n) is 9.18. The van der Waals surface area contributed by atoms with Gasteiger partial charge >= 0.3 is 0 Å². The van der Waals surface area contributed by atoms with E-state index in [0.717, 1.165) is 37.3 Å². The van der Waals surface area contributed by atoms with Gasteiger partial charge in [-0.1, -0.05) is 25.3 Å². The van der Waals surface area contributed by atoms with Crippen molar-refractivity contribution in [2.75, 3.05) is 13.1 Å². The van der Waals surface area contributed by atoms with E-state index in [1.165, 1.54) is 50.6 Å². The van der Waals surface area contributed by atoms with Crippen molar-refractivity contribution in [1.82, 2.24) is 4.90 Å². The van der Waals surface area contributed by atoms with Gasteiger partial charge in [-0.15, -0.1) is 0 Å². The summed E-state index contributed by atoms with van der Waals surface area (Å²) in [4.78, 5) is 14.6. The molecule has 2 saturated carbocycles. The van der Waals surface area contributed by atoms with E-state index in [1.54, 1.807) is 6.07 Å². The van der Waals surface area contributed by atoms with Crippen LogP contribution in [0.25, 0.3) is 0 Å². The number of aromatic hydroxyl groups is 1. The molecule has 4 aliphatic rings. The summed E-state index contributed by atoms with van der Waals surface area (Å²) in [5.74, 6) is 1.19. The molecule has 1 amide bonds. The molecule has 5 rings (SSSR count). The quantitative estimate of drug-likeness (QED) is 0.875. The summed E-state index contributed by atoms with van der Waals surface area (Å²) in [7, 11) is 0. The second-order valence-corrected chi connectivity index (χ2v) is 9.18. The number of hydrogen-bond acceptors (Lipinski definition) is 3. The fourth-order valence-electron chi connectivity index (χ4n) is 6.62. The molecule has 140 valence electrons. The molecular weight excluding hydrogens is 324 g/mol. The SMILES string of the molecule is NC(=O)c1ccc2c(c1O)[C@@]13CCCCC1C(C2)N(CC1CCC1)CC3. The average molecular weight is 354 g/mol. The van der Waals surface area contributed by atoms with Gasteiger partial charge < -0.3 is 10.8 Å². The molecule has 1 aromatic rings. The lowest BCUT2D eigenvalue weighted by Crippen LogP contribution is -2.61. The Hall–Kier alpha value is -1.55. The molecule has 3 atom stereocenters. The van der Waals surface area contributed by atoms with Crippen LogP contribution in [0.3, 0.4) is 0 Å². The van der Waals surface area contributed by atoms with Crippen LogP contribution in [0.15, 0.2) is 12.1 Å². The van der Waals surface area contributed by atoms with Crippen LogP contribution in [0.5, 0.6) is 5.75 Å². The Morgan fingerprint density at radius 2 is 2.04 bits per heavy atom. The molecule has 1 saturated heterocycles. The summed E-state index contributed by atoms with van der Waals surface area (Å²) in [6.07, 6.45) is 11.3. The molecular formula is C22H30N2O2. The highest BCUT2D eigenvalue weighted by molar-refractivity contribution is 5.96. The van der Waals surface area contributed by atoms with Gasteiger partial charge in [-0.05, 0) is 68.5 Å². The Morgan fingerprint density at radius 1 is 1.19 bits per heavy atom. The van der Waals surface area contributed by atoms with Gasteiger partial charge in [0.25, 0.3) is 5.91 Å². The minimum atomic E-state index is -0.515. The second kappa shape index (κ2) is 5.98. The van der Waals surface area contributed by atoms with Gasteiger partial charge in [-0.2, -0.15) is 0 Å². The molecule has 3 N–H and O–H groups in total. The first kappa shape index (κ1) is 16.6. The van der Waals surface area contributed by atoms with Crippen LogP contribution < -0.4 is 5.73 Å². The summed E-state index contributed by atoms with van der Waals surface area (Å²) in [5.41, 5.74) is 8.23. The van der Waals surface area contributed by atoms with E-state index in [0.29, 0.717) is 17.5 Å². The zero-order valence-corrected chi connectivity index (χ0v) is 15.5. The van der Waals surface area contributed by atoms with Crippen molar-refractivity contribution in [3.8, 4) is 5.75 Å². The molecule has 0 aromatic heterocycles. The molecule has 2 bridgehead atoms. The molecule has 0 spiro atoms. The van der Waals surface area contributed by atoms with Crippen molar-refractivity contribution in [2.45, 2.75) is 69.2 Å². The summed E-state index contributed by atoms with van der Waals surface area (Å²) in [6, 6.07) is 4.42. The minimum absolute atomic E-state index is 0.0577. The standard InChI is InChI=1S/C22H30N2O2/c23-21(26)16-8-7-15-12-18-17-6-1-2-9-22(17,19(15)20(16)25)10-11-24(18)13-14-4-3-5-14/h7-8,14,17-18,25H,1-6,9-13H2,(H2,23,26)/t17?,18?,22-/m1/s1. The maximum Gasteiger partial charge on any atom is 0.252 e. The number of piperidine rings is 1. The number of nitrogens with zero attached hydrogens (tertiary/aromatic N) is 1. The van der Waals surface area contributed by atoms with E-state index < -0.39 is 5.91 Å². The van der Waals surface area contributed by atoms with Gasteiger partial charge in [-0.25, -0.2) is 0 Å². The van der Waals surface area contributed by atoms with Crippen LogP contribution >= 0.6 is 0 Å². The molecule has 4 nitrogen and oxygen atoms in total.